The molecule has 186 valence electrons. The number of piperidine rings is 1. The molecule has 2 atom stereocenters. The van der Waals surface area contributed by atoms with E-state index in [0.29, 0.717) is 24.1 Å². The molecule has 35 heavy (non-hydrogen) atoms. The molecule has 2 aromatic carbocycles. The third-order valence-corrected chi connectivity index (χ3v) is 10.3. The third-order valence-electron chi connectivity index (χ3n) is 6.41. The summed E-state index contributed by atoms with van der Waals surface area (Å²) < 4.78 is 41.0. The highest BCUT2D eigenvalue weighted by atomic mass is 33.1. The van der Waals surface area contributed by atoms with Crippen molar-refractivity contribution in [2.24, 2.45) is 5.92 Å². The van der Waals surface area contributed by atoms with Crippen LogP contribution in [0.3, 0.4) is 0 Å². The third kappa shape index (κ3) is 6.02. The zero-order chi connectivity index (χ0) is 25.2. The molecule has 6 nitrogen and oxygen atoms in total. The van der Waals surface area contributed by atoms with E-state index >= 15 is 0 Å². The second-order valence-corrected chi connectivity index (χ2v) is 13.1. The first-order chi connectivity index (χ1) is 16.7. The molecule has 1 amide bonds. The Kier molecular flexibility index (Phi) is 7.78. The van der Waals surface area contributed by atoms with Crippen molar-refractivity contribution in [3.05, 3.63) is 77.1 Å². The van der Waals surface area contributed by atoms with Crippen LogP contribution in [0, 0.1) is 18.7 Å². The van der Waals surface area contributed by atoms with Crippen LogP contribution in [-0.2, 0) is 18.5 Å². The van der Waals surface area contributed by atoms with E-state index in [2.05, 4.69) is 5.32 Å². The van der Waals surface area contributed by atoms with Crippen LogP contribution in [0.25, 0.3) is 0 Å². The minimum atomic E-state index is -3.67. The van der Waals surface area contributed by atoms with Gasteiger partial charge in [0.25, 0.3) is 0 Å². The molecule has 1 aliphatic heterocycles. The summed E-state index contributed by atoms with van der Waals surface area (Å²) in [5.74, 6) is -0.898. The zero-order valence-electron chi connectivity index (χ0n) is 19.7. The summed E-state index contributed by atoms with van der Waals surface area (Å²) in [4.78, 5) is 27.6. The number of benzene rings is 2. The average molecular weight is 517 g/mol. The second kappa shape index (κ2) is 10.6. The number of aryl methyl sites for hydroxylation is 1. The number of rotatable bonds is 8. The lowest BCUT2D eigenvalue weighted by Crippen LogP contribution is -2.43. The molecule has 0 bridgehead atoms. The highest BCUT2D eigenvalue weighted by Crippen LogP contribution is 2.41. The van der Waals surface area contributed by atoms with Gasteiger partial charge >= 0.3 is 0 Å². The summed E-state index contributed by atoms with van der Waals surface area (Å²) in [6.45, 7) is 2.49. The molecule has 4 rings (SSSR count). The number of nitrogens with zero attached hydrogens (tertiary/aromatic N) is 1. The molecule has 2 aromatic rings. The van der Waals surface area contributed by atoms with Crippen molar-refractivity contribution in [1.82, 2.24) is 10.2 Å². The molecule has 1 saturated carbocycles. The smallest absolute Gasteiger partial charge is 0.243 e. The fraction of sp³-hybridized carbons (Fsp3) is 0.385. The fourth-order valence-electron chi connectivity index (χ4n) is 4.32. The lowest BCUT2D eigenvalue weighted by Gasteiger charge is -2.38. The Labute approximate surface area is 209 Å². The quantitative estimate of drug-likeness (QED) is 0.422. The summed E-state index contributed by atoms with van der Waals surface area (Å²) in [7, 11) is -1.35. The van der Waals surface area contributed by atoms with Gasteiger partial charge in [-0.2, -0.15) is 0 Å². The Hall–Kier alpha value is -2.49. The van der Waals surface area contributed by atoms with E-state index in [1.807, 2.05) is 11.8 Å². The predicted molar refractivity (Wildman–Crippen MR) is 135 cm³/mol. The number of carbonyl (C=O) groups excluding carboxylic acids is 2. The number of likely N-dealkylation sites (N-methyl/N-ethyl adjacent to an activating group) is 1. The van der Waals surface area contributed by atoms with Crippen molar-refractivity contribution in [2.75, 3.05) is 20.1 Å². The summed E-state index contributed by atoms with van der Waals surface area (Å²) >= 11 is 0. The molecule has 0 aromatic heterocycles. The topological polar surface area (TPSA) is 83.6 Å². The minimum absolute atomic E-state index is 0.0206. The van der Waals surface area contributed by atoms with E-state index in [-0.39, 0.29) is 29.0 Å². The van der Waals surface area contributed by atoms with Gasteiger partial charge in [0.1, 0.15) is 5.82 Å². The maximum atomic E-state index is 14.8. The molecular weight excluding hydrogens is 487 g/mol. The highest BCUT2D eigenvalue weighted by molar-refractivity contribution is 8.72. The monoisotopic (exact) mass is 516 g/mol. The molecule has 1 N–H and O–H groups in total. The van der Waals surface area contributed by atoms with Crippen LogP contribution in [0.2, 0.25) is 0 Å². The Balaban J connectivity index is 1.63. The van der Waals surface area contributed by atoms with Crippen LogP contribution in [0.4, 0.5) is 4.39 Å². The first kappa shape index (κ1) is 25.6. The molecule has 0 radical (unpaired) electrons. The minimum Gasteiger partial charge on any atom is -0.356 e. The molecule has 2 unspecified atom stereocenters. The van der Waals surface area contributed by atoms with E-state index in [1.54, 1.807) is 42.5 Å². The largest absolute Gasteiger partial charge is 0.356 e. The molecule has 0 spiro atoms. The Morgan fingerprint density at radius 2 is 1.80 bits per heavy atom. The number of carbonyl (C=O) groups is 2. The van der Waals surface area contributed by atoms with Gasteiger partial charge in [0.15, 0.2) is 5.78 Å². The van der Waals surface area contributed by atoms with Crippen LogP contribution in [0.15, 0.2) is 65.1 Å². The number of hydrogen-bond acceptors (Lipinski definition) is 6. The van der Waals surface area contributed by atoms with Gasteiger partial charge in [0.05, 0.1) is 10.9 Å². The van der Waals surface area contributed by atoms with Crippen molar-refractivity contribution >= 4 is 31.4 Å². The van der Waals surface area contributed by atoms with E-state index in [0.717, 1.165) is 29.2 Å². The summed E-state index contributed by atoms with van der Waals surface area (Å²) in [5.41, 5.74) is 1.88. The number of hydrogen-bond donors (Lipinski definition) is 1. The normalized spacial score (nSPS) is 21.0. The van der Waals surface area contributed by atoms with Crippen molar-refractivity contribution < 1.29 is 22.4 Å². The molecule has 1 saturated heterocycles. The van der Waals surface area contributed by atoms with Gasteiger partial charge in [-0.3, -0.25) is 14.5 Å². The lowest BCUT2D eigenvalue weighted by atomic mass is 9.93. The summed E-state index contributed by atoms with van der Waals surface area (Å²) in [6.07, 6.45) is 3.41. The van der Waals surface area contributed by atoms with E-state index in [1.165, 1.54) is 19.2 Å². The first-order valence-corrected chi connectivity index (χ1v) is 14.5. The van der Waals surface area contributed by atoms with Gasteiger partial charge < -0.3 is 5.32 Å². The Morgan fingerprint density at radius 1 is 1.11 bits per heavy atom. The standard InChI is InChI=1S/C26H29FN2O4S2/c1-17-7-11-20(12-8-17)35(32,33)34-23-13-14-29(16-19(23)15-24(30)28-2)25(26(31)18-9-10-18)21-5-3-4-6-22(21)27/h3-8,11-12,15,18,23,25H,9-10,13-14,16H2,1-2H3,(H,28,30)/b19-15+. The molecule has 2 fully saturated rings. The van der Waals surface area contributed by atoms with Gasteiger partial charge in [-0.05, 0) is 60.8 Å². The van der Waals surface area contributed by atoms with E-state index in [9.17, 15) is 22.4 Å². The maximum absolute atomic E-state index is 14.8. The van der Waals surface area contributed by atoms with Gasteiger partial charge in [-0.15, -0.1) is 0 Å². The number of amides is 1. The Bertz CT molecular complexity index is 1240. The predicted octanol–water partition coefficient (Wildman–Crippen LogP) is 4.02. The highest BCUT2D eigenvalue weighted by Gasteiger charge is 2.42. The van der Waals surface area contributed by atoms with Crippen LogP contribution in [0.1, 0.15) is 36.4 Å². The number of ketones is 1. The summed E-state index contributed by atoms with van der Waals surface area (Å²) in [5, 5.41) is 2.08. The lowest BCUT2D eigenvalue weighted by molar-refractivity contribution is -0.126. The number of halogens is 1. The second-order valence-electron chi connectivity index (χ2n) is 9.05. The Morgan fingerprint density at radius 3 is 2.43 bits per heavy atom. The van der Waals surface area contributed by atoms with E-state index < -0.39 is 26.0 Å². The van der Waals surface area contributed by atoms with E-state index in [4.69, 9.17) is 0 Å². The van der Waals surface area contributed by atoms with Crippen molar-refractivity contribution in [3.63, 3.8) is 0 Å². The van der Waals surface area contributed by atoms with Gasteiger partial charge in [0, 0.05) is 42.9 Å². The molecule has 1 aliphatic carbocycles. The number of Topliss-reactive ketones (excluding diaryl/α,β-unsaturated/α-hetero) is 1. The van der Waals surface area contributed by atoms with Crippen molar-refractivity contribution in [3.8, 4) is 0 Å². The van der Waals surface area contributed by atoms with Crippen LogP contribution in [-0.4, -0.2) is 50.4 Å². The van der Waals surface area contributed by atoms with Crippen LogP contribution < -0.4 is 5.32 Å². The number of likely N-dealkylation sites (tertiary alicyclic amines) is 1. The fourth-order valence-corrected chi connectivity index (χ4v) is 7.92. The molecule has 1 heterocycles. The van der Waals surface area contributed by atoms with Crippen molar-refractivity contribution in [2.45, 2.75) is 42.4 Å². The van der Waals surface area contributed by atoms with Gasteiger partial charge in [-0.1, -0.05) is 35.9 Å². The first-order valence-electron chi connectivity index (χ1n) is 11.6. The molecule has 2 aliphatic rings. The van der Waals surface area contributed by atoms with Gasteiger partial charge in [0.2, 0.25) is 14.8 Å². The van der Waals surface area contributed by atoms with Crippen LogP contribution >= 0.6 is 10.8 Å². The zero-order valence-corrected chi connectivity index (χ0v) is 21.4. The maximum Gasteiger partial charge on any atom is 0.243 e. The average Bonchev–Trinajstić information content (AvgIpc) is 3.67. The van der Waals surface area contributed by atoms with Crippen molar-refractivity contribution in [1.29, 1.82) is 0 Å². The molecular formula is C26H29FN2O4S2. The van der Waals surface area contributed by atoms with Crippen LogP contribution in [0.5, 0.6) is 0 Å². The summed E-state index contributed by atoms with van der Waals surface area (Å²) in [6, 6.07) is 12.2. The SMILES string of the molecule is CNC(=O)/C=C1\CN(C(C(=O)C2CC2)c2ccccc2F)CCC1SS(=O)(=O)c1ccc(C)cc1. The van der Waals surface area contributed by atoms with Gasteiger partial charge in [-0.25, -0.2) is 12.8 Å². The molecule has 9 heteroatoms. The number of nitrogens with one attached hydrogen (secondary N) is 1.